The lowest BCUT2D eigenvalue weighted by Crippen LogP contribution is -2.37. The summed E-state index contributed by atoms with van der Waals surface area (Å²) in [5.41, 5.74) is 1.08. The van der Waals surface area contributed by atoms with Crippen LogP contribution in [0.2, 0.25) is 5.02 Å². The van der Waals surface area contributed by atoms with Gasteiger partial charge < -0.3 is 5.32 Å². The van der Waals surface area contributed by atoms with Crippen LogP contribution in [-0.2, 0) is 10.2 Å². The van der Waals surface area contributed by atoms with E-state index in [-0.39, 0.29) is 17.4 Å². The number of amides is 1. The molecule has 2 atom stereocenters. The molecule has 0 aliphatic carbocycles. The summed E-state index contributed by atoms with van der Waals surface area (Å²) in [7, 11) is 0. The van der Waals surface area contributed by atoms with E-state index in [0.29, 0.717) is 6.42 Å². The Morgan fingerprint density at radius 1 is 1.44 bits per heavy atom. The molecule has 2 unspecified atom stereocenters. The standard InChI is InChI=1S/C13H16ClNO/c1-3-11-13(2,8-12(16)15-11)9-4-6-10(14)7-5-9/h4-7,11H,3,8H2,1-2H3,(H,15,16). The van der Waals surface area contributed by atoms with E-state index in [2.05, 4.69) is 19.2 Å². The van der Waals surface area contributed by atoms with Crippen LogP contribution < -0.4 is 5.32 Å². The third-order valence-corrected chi connectivity index (χ3v) is 3.80. The zero-order chi connectivity index (χ0) is 11.8. The summed E-state index contributed by atoms with van der Waals surface area (Å²) in [4.78, 5) is 11.5. The summed E-state index contributed by atoms with van der Waals surface area (Å²) in [6, 6.07) is 8.03. The van der Waals surface area contributed by atoms with Gasteiger partial charge in [0.25, 0.3) is 0 Å². The molecule has 1 N–H and O–H groups in total. The minimum Gasteiger partial charge on any atom is -0.352 e. The highest BCUT2D eigenvalue weighted by atomic mass is 35.5. The Bertz CT molecular complexity index is 401. The van der Waals surface area contributed by atoms with Gasteiger partial charge in [-0.2, -0.15) is 0 Å². The minimum atomic E-state index is -0.101. The van der Waals surface area contributed by atoms with Crippen LogP contribution in [0.3, 0.4) is 0 Å². The van der Waals surface area contributed by atoms with Crippen LogP contribution in [0.25, 0.3) is 0 Å². The van der Waals surface area contributed by atoms with Gasteiger partial charge in [-0.1, -0.05) is 37.6 Å². The molecule has 2 rings (SSSR count). The first-order chi connectivity index (χ1) is 7.56. The fraction of sp³-hybridized carbons (Fsp3) is 0.462. The first kappa shape index (κ1) is 11.5. The molecular formula is C13H16ClNO. The molecule has 1 heterocycles. The van der Waals surface area contributed by atoms with Crippen molar-refractivity contribution in [3.05, 3.63) is 34.9 Å². The zero-order valence-electron chi connectivity index (χ0n) is 9.59. The number of nitrogens with one attached hydrogen (secondary N) is 1. The number of benzene rings is 1. The third-order valence-electron chi connectivity index (χ3n) is 3.54. The van der Waals surface area contributed by atoms with E-state index in [1.54, 1.807) is 0 Å². The lowest BCUT2D eigenvalue weighted by Gasteiger charge is -2.30. The van der Waals surface area contributed by atoms with Gasteiger partial charge in [-0.15, -0.1) is 0 Å². The number of hydrogen-bond acceptors (Lipinski definition) is 1. The molecule has 1 aliphatic rings. The Morgan fingerprint density at radius 2 is 2.06 bits per heavy atom. The van der Waals surface area contributed by atoms with E-state index in [1.165, 1.54) is 5.56 Å². The van der Waals surface area contributed by atoms with Crippen LogP contribution in [0.15, 0.2) is 24.3 Å². The SMILES string of the molecule is CCC1NC(=O)CC1(C)c1ccc(Cl)cc1. The molecule has 1 fully saturated rings. The molecule has 2 nitrogen and oxygen atoms in total. The van der Waals surface area contributed by atoms with Crippen molar-refractivity contribution < 1.29 is 4.79 Å². The van der Waals surface area contributed by atoms with Crippen molar-refractivity contribution in [3.63, 3.8) is 0 Å². The van der Waals surface area contributed by atoms with Crippen molar-refractivity contribution >= 4 is 17.5 Å². The Labute approximate surface area is 101 Å². The molecule has 1 amide bonds. The first-order valence-electron chi connectivity index (χ1n) is 5.61. The van der Waals surface area contributed by atoms with Crippen molar-refractivity contribution in [1.29, 1.82) is 0 Å². The fourth-order valence-corrected chi connectivity index (χ4v) is 2.67. The fourth-order valence-electron chi connectivity index (χ4n) is 2.55. The minimum absolute atomic E-state index is 0.101. The molecule has 0 radical (unpaired) electrons. The topological polar surface area (TPSA) is 29.1 Å². The lowest BCUT2D eigenvalue weighted by molar-refractivity contribution is -0.119. The van der Waals surface area contributed by atoms with Crippen molar-refractivity contribution in [1.82, 2.24) is 5.32 Å². The van der Waals surface area contributed by atoms with Gasteiger partial charge in [0.2, 0.25) is 5.91 Å². The van der Waals surface area contributed by atoms with Gasteiger partial charge in [-0.3, -0.25) is 4.79 Å². The number of carbonyl (C=O) groups excluding carboxylic acids is 1. The predicted molar refractivity (Wildman–Crippen MR) is 65.6 cm³/mol. The Hall–Kier alpha value is -1.02. The monoisotopic (exact) mass is 237 g/mol. The normalized spacial score (nSPS) is 29.2. The molecule has 1 aliphatic heterocycles. The molecule has 1 saturated heterocycles. The molecule has 1 aromatic carbocycles. The molecule has 16 heavy (non-hydrogen) atoms. The van der Waals surface area contributed by atoms with Gasteiger partial charge in [-0.05, 0) is 24.1 Å². The zero-order valence-corrected chi connectivity index (χ0v) is 10.3. The van der Waals surface area contributed by atoms with Gasteiger partial charge in [0.1, 0.15) is 0 Å². The summed E-state index contributed by atoms with van der Waals surface area (Å²) in [5, 5.41) is 3.77. The van der Waals surface area contributed by atoms with Gasteiger partial charge in [0.15, 0.2) is 0 Å². The highest BCUT2D eigenvalue weighted by Crippen LogP contribution is 2.37. The predicted octanol–water partition coefficient (Wildman–Crippen LogP) is 2.90. The van der Waals surface area contributed by atoms with Gasteiger partial charge in [-0.25, -0.2) is 0 Å². The maximum atomic E-state index is 11.5. The molecule has 86 valence electrons. The van der Waals surface area contributed by atoms with Crippen molar-refractivity contribution in [2.45, 2.75) is 38.1 Å². The van der Waals surface area contributed by atoms with E-state index in [1.807, 2.05) is 24.3 Å². The number of rotatable bonds is 2. The van der Waals surface area contributed by atoms with Gasteiger partial charge in [0, 0.05) is 22.9 Å². The van der Waals surface area contributed by atoms with Gasteiger partial charge >= 0.3 is 0 Å². The Kier molecular flexibility index (Phi) is 2.94. The smallest absolute Gasteiger partial charge is 0.221 e. The second-order valence-corrected chi connectivity index (χ2v) is 5.07. The largest absolute Gasteiger partial charge is 0.352 e. The molecule has 0 aromatic heterocycles. The Balaban J connectivity index is 2.37. The first-order valence-corrected chi connectivity index (χ1v) is 5.99. The summed E-state index contributed by atoms with van der Waals surface area (Å²) in [6.07, 6.45) is 1.51. The van der Waals surface area contributed by atoms with E-state index in [0.717, 1.165) is 11.4 Å². The highest BCUT2D eigenvalue weighted by Gasteiger charge is 2.43. The maximum absolute atomic E-state index is 11.5. The molecule has 0 bridgehead atoms. The summed E-state index contributed by atoms with van der Waals surface area (Å²) in [5.74, 6) is 0.143. The van der Waals surface area contributed by atoms with E-state index in [4.69, 9.17) is 11.6 Å². The van der Waals surface area contributed by atoms with Crippen LogP contribution in [0.4, 0.5) is 0 Å². The average Bonchev–Trinajstić information content (AvgIpc) is 2.55. The second kappa shape index (κ2) is 4.10. The van der Waals surface area contributed by atoms with Crippen molar-refractivity contribution in [2.75, 3.05) is 0 Å². The van der Waals surface area contributed by atoms with Crippen LogP contribution in [0.1, 0.15) is 32.3 Å². The number of hydrogen-bond donors (Lipinski definition) is 1. The second-order valence-electron chi connectivity index (χ2n) is 4.63. The quantitative estimate of drug-likeness (QED) is 0.842. The summed E-state index contributed by atoms with van der Waals surface area (Å²) < 4.78 is 0. The number of halogens is 1. The molecule has 1 aromatic rings. The highest BCUT2D eigenvalue weighted by molar-refractivity contribution is 6.30. The number of carbonyl (C=O) groups is 1. The maximum Gasteiger partial charge on any atom is 0.221 e. The van der Waals surface area contributed by atoms with E-state index >= 15 is 0 Å². The molecule has 3 heteroatoms. The van der Waals surface area contributed by atoms with Crippen molar-refractivity contribution in [3.8, 4) is 0 Å². The van der Waals surface area contributed by atoms with Crippen LogP contribution in [0.5, 0.6) is 0 Å². The van der Waals surface area contributed by atoms with Crippen molar-refractivity contribution in [2.24, 2.45) is 0 Å². The molecular weight excluding hydrogens is 222 g/mol. The lowest BCUT2D eigenvalue weighted by atomic mass is 9.75. The summed E-state index contributed by atoms with van der Waals surface area (Å²) >= 11 is 5.88. The molecule has 0 spiro atoms. The summed E-state index contributed by atoms with van der Waals surface area (Å²) in [6.45, 7) is 4.24. The van der Waals surface area contributed by atoms with Crippen LogP contribution >= 0.6 is 11.6 Å². The van der Waals surface area contributed by atoms with Crippen LogP contribution in [-0.4, -0.2) is 11.9 Å². The van der Waals surface area contributed by atoms with Gasteiger partial charge in [0.05, 0.1) is 0 Å². The van der Waals surface area contributed by atoms with E-state index < -0.39 is 0 Å². The van der Waals surface area contributed by atoms with Crippen LogP contribution in [0, 0.1) is 0 Å². The molecule has 0 saturated carbocycles. The third kappa shape index (κ3) is 1.82. The Morgan fingerprint density at radius 3 is 2.62 bits per heavy atom. The van der Waals surface area contributed by atoms with E-state index in [9.17, 15) is 4.79 Å². The average molecular weight is 238 g/mol.